The van der Waals surface area contributed by atoms with E-state index in [0.717, 1.165) is 21.7 Å². The Hall–Kier alpha value is 0.226. The third-order valence-electron chi connectivity index (χ3n) is 2.16. The molecule has 2 aromatic carbocycles. The van der Waals surface area contributed by atoms with Gasteiger partial charge in [-0.25, -0.2) is 0 Å². The van der Waals surface area contributed by atoms with Gasteiger partial charge in [0.05, 0.1) is 0 Å². The number of hydrogen-bond acceptors (Lipinski definition) is 2. The molecule has 0 saturated carbocycles. The minimum atomic E-state index is 0. The average Bonchev–Trinajstić information content (AvgIpc) is 2.20. The number of benzene rings is 2. The molecule has 0 heterocycles. The van der Waals surface area contributed by atoms with E-state index in [2.05, 4.69) is 12.6 Å². The van der Waals surface area contributed by atoms with E-state index in [0.29, 0.717) is 0 Å². The predicted octanol–water partition coefficient (Wildman–Crippen LogP) is 2.58. The van der Waals surface area contributed by atoms with Gasteiger partial charge in [0, 0.05) is 16.1 Å². The summed E-state index contributed by atoms with van der Waals surface area (Å²) < 4.78 is 0. The van der Waals surface area contributed by atoms with E-state index in [9.17, 15) is 0 Å². The van der Waals surface area contributed by atoms with E-state index in [1.54, 1.807) is 0 Å². The van der Waals surface area contributed by atoms with Crippen LogP contribution in [0.25, 0.3) is 11.1 Å². The monoisotopic (exact) mass is 241 g/mol. The Labute approximate surface area is 138 Å². The summed E-state index contributed by atoms with van der Waals surface area (Å²) in [5.74, 6) is 0. The van der Waals surface area contributed by atoms with Crippen molar-refractivity contribution in [1.82, 2.24) is 0 Å². The Morgan fingerprint density at radius 1 is 0.800 bits per heavy atom. The fourth-order valence-corrected chi connectivity index (χ4v) is 1.72. The molecule has 0 bridgehead atoms. The molecule has 72 valence electrons. The van der Waals surface area contributed by atoms with Crippen LogP contribution < -0.4 is 5.73 Å². The zero-order valence-electron chi connectivity index (χ0n) is 7.64. The van der Waals surface area contributed by atoms with E-state index < -0.39 is 0 Å². The number of anilines is 1. The van der Waals surface area contributed by atoms with Gasteiger partial charge < -0.3 is 5.73 Å². The number of thiol groups is 1. The first-order chi connectivity index (χ1) is 6.79. The molecular formula is C12H12KNS. The second-order valence-corrected chi connectivity index (χ2v) is 3.59. The maximum absolute atomic E-state index is 5.89. The molecule has 0 radical (unpaired) electrons. The van der Waals surface area contributed by atoms with Crippen LogP contribution in [0.2, 0.25) is 0 Å². The molecule has 0 atom stereocenters. The second kappa shape index (κ2) is 6.08. The van der Waals surface area contributed by atoms with E-state index >= 15 is 0 Å². The van der Waals surface area contributed by atoms with Crippen LogP contribution in [0, 0.1) is 0 Å². The number of hydrogen-bond donors (Lipinski definition) is 2. The van der Waals surface area contributed by atoms with Gasteiger partial charge in [0.15, 0.2) is 0 Å². The summed E-state index contributed by atoms with van der Waals surface area (Å²) in [6.45, 7) is 0. The van der Waals surface area contributed by atoms with Gasteiger partial charge in [0.25, 0.3) is 0 Å². The predicted molar refractivity (Wildman–Crippen MR) is 70.7 cm³/mol. The maximum atomic E-state index is 5.89. The van der Waals surface area contributed by atoms with Crippen LogP contribution in [0.4, 0.5) is 5.69 Å². The van der Waals surface area contributed by atoms with Gasteiger partial charge in [-0.15, -0.1) is 12.6 Å². The minimum absolute atomic E-state index is 0. The van der Waals surface area contributed by atoms with Crippen LogP contribution in [0.5, 0.6) is 0 Å². The normalized spacial score (nSPS) is 9.40. The zero-order chi connectivity index (χ0) is 9.97. The summed E-state index contributed by atoms with van der Waals surface area (Å²) in [6, 6.07) is 15.7. The van der Waals surface area contributed by atoms with Crippen molar-refractivity contribution in [2.24, 2.45) is 0 Å². The van der Waals surface area contributed by atoms with Crippen molar-refractivity contribution >= 4 is 69.7 Å². The van der Waals surface area contributed by atoms with E-state index in [1.807, 2.05) is 48.5 Å². The summed E-state index contributed by atoms with van der Waals surface area (Å²) in [5.41, 5.74) is 8.79. The average molecular weight is 241 g/mol. The van der Waals surface area contributed by atoms with Gasteiger partial charge in [-0.3, -0.25) is 0 Å². The third-order valence-corrected chi connectivity index (χ3v) is 2.54. The van der Waals surface area contributed by atoms with Crippen LogP contribution in [0.3, 0.4) is 0 Å². The first kappa shape index (κ1) is 13.3. The van der Waals surface area contributed by atoms with Crippen LogP contribution in [0.1, 0.15) is 0 Å². The van der Waals surface area contributed by atoms with Gasteiger partial charge in [-0.1, -0.05) is 36.4 Å². The quantitative estimate of drug-likeness (QED) is 0.448. The van der Waals surface area contributed by atoms with Gasteiger partial charge in [-0.05, 0) is 17.7 Å². The second-order valence-electron chi connectivity index (χ2n) is 3.10. The summed E-state index contributed by atoms with van der Waals surface area (Å²) in [7, 11) is 0. The molecule has 0 aliphatic carbocycles. The van der Waals surface area contributed by atoms with Crippen molar-refractivity contribution in [3.8, 4) is 11.1 Å². The molecule has 0 aliphatic rings. The molecule has 15 heavy (non-hydrogen) atoms. The van der Waals surface area contributed by atoms with Crippen molar-refractivity contribution in [1.29, 1.82) is 0 Å². The third kappa shape index (κ3) is 3.09. The molecular weight excluding hydrogens is 229 g/mol. The fraction of sp³-hybridized carbons (Fsp3) is 0. The van der Waals surface area contributed by atoms with Gasteiger partial charge in [0.1, 0.15) is 0 Å². The van der Waals surface area contributed by atoms with Crippen molar-refractivity contribution in [2.75, 3.05) is 5.73 Å². The Balaban J connectivity index is 0.00000112. The van der Waals surface area contributed by atoms with Gasteiger partial charge in [0.2, 0.25) is 0 Å². The summed E-state index contributed by atoms with van der Waals surface area (Å²) in [5, 5.41) is 0. The fourth-order valence-electron chi connectivity index (χ4n) is 1.44. The molecule has 0 fully saturated rings. The number of nitrogens with two attached hydrogens (primary N) is 1. The van der Waals surface area contributed by atoms with Crippen LogP contribution in [-0.4, -0.2) is 51.4 Å². The number of rotatable bonds is 1. The number of para-hydroxylation sites is 1. The molecule has 2 N–H and O–H groups in total. The van der Waals surface area contributed by atoms with Gasteiger partial charge in [-0.2, -0.15) is 0 Å². The molecule has 0 saturated heterocycles. The molecule has 0 unspecified atom stereocenters. The van der Waals surface area contributed by atoms with Gasteiger partial charge >= 0.3 is 51.4 Å². The Kier molecular flexibility index (Phi) is 5.39. The Morgan fingerprint density at radius 3 is 1.93 bits per heavy atom. The van der Waals surface area contributed by atoms with Crippen molar-refractivity contribution in [2.45, 2.75) is 4.90 Å². The topological polar surface area (TPSA) is 26.0 Å². The van der Waals surface area contributed by atoms with Crippen LogP contribution >= 0.6 is 12.6 Å². The Morgan fingerprint density at radius 2 is 1.33 bits per heavy atom. The molecule has 0 aromatic heterocycles. The van der Waals surface area contributed by atoms with Crippen LogP contribution in [0.15, 0.2) is 53.4 Å². The van der Waals surface area contributed by atoms with E-state index in [-0.39, 0.29) is 51.4 Å². The number of nitrogen functional groups attached to an aromatic ring is 1. The van der Waals surface area contributed by atoms with Crippen molar-refractivity contribution in [3.63, 3.8) is 0 Å². The summed E-state index contributed by atoms with van der Waals surface area (Å²) >= 11 is 4.40. The first-order valence-corrected chi connectivity index (χ1v) is 4.86. The molecule has 0 spiro atoms. The van der Waals surface area contributed by atoms with Crippen LogP contribution in [-0.2, 0) is 0 Å². The SMILES string of the molecule is Nc1ccccc1-c1ccccc1S.[KH]. The molecule has 2 rings (SSSR count). The molecule has 0 aliphatic heterocycles. The standard InChI is InChI=1S/C12H11NS.K.H/c13-11-7-3-1-5-9(11)10-6-2-4-8-12(10)14;;/h1-8,14H,13H2;;. The van der Waals surface area contributed by atoms with E-state index in [1.165, 1.54) is 0 Å². The zero-order valence-corrected chi connectivity index (χ0v) is 8.54. The molecule has 3 heteroatoms. The molecule has 1 nitrogen and oxygen atoms in total. The molecule has 2 aromatic rings. The first-order valence-electron chi connectivity index (χ1n) is 4.42. The summed E-state index contributed by atoms with van der Waals surface area (Å²) in [4.78, 5) is 0.949. The van der Waals surface area contributed by atoms with Crippen molar-refractivity contribution < 1.29 is 0 Å². The summed E-state index contributed by atoms with van der Waals surface area (Å²) in [6.07, 6.45) is 0. The Bertz CT molecular complexity index is 413. The molecule has 0 amide bonds. The van der Waals surface area contributed by atoms with Crippen molar-refractivity contribution in [3.05, 3.63) is 48.5 Å². The van der Waals surface area contributed by atoms with E-state index in [4.69, 9.17) is 5.73 Å².